The Balaban J connectivity index is 1.75. The normalized spacial score (nSPS) is 30.6. The second kappa shape index (κ2) is 5.51. The monoisotopic (exact) mass is 294 g/mol. The van der Waals surface area contributed by atoms with Gasteiger partial charge in [0.05, 0.1) is 18.1 Å². The Morgan fingerprint density at radius 3 is 2.77 bits per heavy atom. The van der Waals surface area contributed by atoms with Gasteiger partial charge in [-0.3, -0.25) is 4.79 Å². The minimum Gasteiger partial charge on any atom is -0.374 e. The lowest BCUT2D eigenvalue weighted by atomic mass is 9.76. The molecule has 0 saturated carbocycles. The molecule has 2 aliphatic heterocycles. The van der Waals surface area contributed by atoms with E-state index >= 15 is 0 Å². The molecule has 2 saturated heterocycles. The summed E-state index contributed by atoms with van der Waals surface area (Å²) < 4.78 is 6.05. The topological polar surface area (TPSA) is 26.3 Å². The van der Waals surface area contributed by atoms with E-state index in [1.807, 2.05) is 6.92 Å². The molecule has 4 rings (SSSR count). The van der Waals surface area contributed by atoms with Crippen LogP contribution in [0.25, 0.3) is 10.8 Å². The molecule has 2 bridgehead atoms. The molecule has 0 amide bonds. The molecule has 2 heteroatoms. The number of ether oxygens (including phenoxy) is 1. The smallest absolute Gasteiger partial charge is 0.138 e. The number of carbonyl (C=O) groups is 1. The predicted molar refractivity (Wildman–Crippen MR) is 88.0 cm³/mol. The maximum Gasteiger partial charge on any atom is 0.138 e. The number of carbonyl (C=O) groups excluding carboxylic acids is 1. The Bertz CT molecular complexity index is 706. The van der Waals surface area contributed by atoms with Crippen molar-refractivity contribution >= 4 is 16.6 Å². The summed E-state index contributed by atoms with van der Waals surface area (Å²) in [6.45, 7) is 1.97. The Morgan fingerprint density at radius 1 is 1.14 bits per heavy atom. The molecule has 4 atom stereocenters. The van der Waals surface area contributed by atoms with Crippen LogP contribution >= 0.6 is 0 Å². The van der Waals surface area contributed by atoms with Crippen LogP contribution < -0.4 is 0 Å². The number of rotatable bonds is 3. The third-order valence-electron chi connectivity index (χ3n) is 5.41. The third kappa shape index (κ3) is 2.26. The first-order chi connectivity index (χ1) is 10.8. The van der Waals surface area contributed by atoms with Gasteiger partial charge in [-0.2, -0.15) is 0 Å². The maximum absolute atomic E-state index is 12.5. The van der Waals surface area contributed by atoms with Crippen LogP contribution in [0.3, 0.4) is 0 Å². The van der Waals surface area contributed by atoms with Gasteiger partial charge in [0.25, 0.3) is 0 Å². The first-order valence-electron chi connectivity index (χ1n) is 8.43. The summed E-state index contributed by atoms with van der Waals surface area (Å²) in [5.74, 6) is 0.733. The molecular weight excluding hydrogens is 272 g/mol. The second-order valence-electron chi connectivity index (χ2n) is 6.67. The molecule has 0 N–H and O–H groups in total. The summed E-state index contributed by atoms with van der Waals surface area (Å²) in [4.78, 5) is 12.5. The summed E-state index contributed by atoms with van der Waals surface area (Å²) >= 11 is 0. The molecule has 0 aliphatic carbocycles. The van der Waals surface area contributed by atoms with Crippen molar-refractivity contribution in [1.82, 2.24) is 0 Å². The Hall–Kier alpha value is -1.67. The van der Waals surface area contributed by atoms with E-state index in [2.05, 4.69) is 42.5 Å². The molecule has 0 aromatic heterocycles. The van der Waals surface area contributed by atoms with Gasteiger partial charge in [-0.1, -0.05) is 49.4 Å². The Labute approximate surface area is 131 Å². The molecule has 2 aliphatic rings. The second-order valence-corrected chi connectivity index (χ2v) is 6.67. The van der Waals surface area contributed by atoms with Gasteiger partial charge in [-0.05, 0) is 41.5 Å². The fourth-order valence-electron chi connectivity index (χ4n) is 4.31. The molecule has 22 heavy (non-hydrogen) atoms. The number of hydrogen-bond donors (Lipinski definition) is 0. The van der Waals surface area contributed by atoms with Crippen LogP contribution in [0.5, 0.6) is 0 Å². The van der Waals surface area contributed by atoms with E-state index in [0.29, 0.717) is 24.2 Å². The highest BCUT2D eigenvalue weighted by atomic mass is 16.5. The van der Waals surface area contributed by atoms with E-state index in [1.165, 1.54) is 16.3 Å². The lowest BCUT2D eigenvalue weighted by Crippen LogP contribution is -2.38. The third-order valence-corrected chi connectivity index (χ3v) is 5.41. The number of benzene rings is 2. The summed E-state index contributed by atoms with van der Waals surface area (Å²) in [6.07, 6.45) is 4.25. The molecular formula is C20H22O2. The molecule has 2 nitrogen and oxygen atoms in total. The van der Waals surface area contributed by atoms with Crippen molar-refractivity contribution in [3.63, 3.8) is 0 Å². The molecule has 2 fully saturated rings. The predicted octanol–water partition coefficient (Wildman–Crippen LogP) is 4.47. The zero-order valence-electron chi connectivity index (χ0n) is 13.0. The molecule has 0 radical (unpaired) electrons. The van der Waals surface area contributed by atoms with E-state index in [9.17, 15) is 4.79 Å². The van der Waals surface area contributed by atoms with E-state index < -0.39 is 0 Å². The van der Waals surface area contributed by atoms with Crippen LogP contribution in [0, 0.1) is 5.92 Å². The summed E-state index contributed by atoms with van der Waals surface area (Å²) in [5.41, 5.74) is 1.31. The van der Waals surface area contributed by atoms with Gasteiger partial charge in [0, 0.05) is 6.42 Å². The minimum absolute atomic E-state index is 0.0462. The number of fused-ring (bicyclic) bond motifs is 3. The van der Waals surface area contributed by atoms with Gasteiger partial charge >= 0.3 is 0 Å². The summed E-state index contributed by atoms with van der Waals surface area (Å²) in [7, 11) is 0. The fourth-order valence-corrected chi connectivity index (χ4v) is 4.31. The Kier molecular flexibility index (Phi) is 3.50. The van der Waals surface area contributed by atoms with Gasteiger partial charge in [0.1, 0.15) is 5.78 Å². The number of hydrogen-bond acceptors (Lipinski definition) is 2. The average molecular weight is 294 g/mol. The van der Waals surface area contributed by atoms with Crippen molar-refractivity contribution in [3.05, 3.63) is 48.0 Å². The molecule has 2 aromatic rings. The highest BCUT2D eigenvalue weighted by Gasteiger charge is 2.46. The van der Waals surface area contributed by atoms with Crippen molar-refractivity contribution in [3.8, 4) is 0 Å². The largest absolute Gasteiger partial charge is 0.374 e. The summed E-state index contributed by atoms with van der Waals surface area (Å²) in [6, 6.07) is 15.1. The van der Waals surface area contributed by atoms with Crippen LogP contribution in [0.1, 0.15) is 44.1 Å². The van der Waals surface area contributed by atoms with Crippen LogP contribution in [0.15, 0.2) is 42.5 Å². The molecule has 2 heterocycles. The minimum atomic E-state index is 0.0462. The molecule has 2 aromatic carbocycles. The van der Waals surface area contributed by atoms with E-state index in [1.54, 1.807) is 0 Å². The van der Waals surface area contributed by atoms with Gasteiger partial charge in [-0.25, -0.2) is 0 Å². The quantitative estimate of drug-likeness (QED) is 0.835. The van der Waals surface area contributed by atoms with Crippen molar-refractivity contribution in [2.45, 2.75) is 50.7 Å². The van der Waals surface area contributed by atoms with Crippen molar-refractivity contribution in [1.29, 1.82) is 0 Å². The van der Waals surface area contributed by atoms with Crippen LogP contribution in [-0.2, 0) is 9.53 Å². The van der Waals surface area contributed by atoms with Gasteiger partial charge in [0.15, 0.2) is 0 Å². The average Bonchev–Trinajstić information content (AvgIpc) is 2.95. The van der Waals surface area contributed by atoms with Gasteiger partial charge in [-0.15, -0.1) is 0 Å². The lowest BCUT2D eigenvalue weighted by molar-refractivity contribution is -0.133. The first-order valence-corrected chi connectivity index (χ1v) is 8.43. The van der Waals surface area contributed by atoms with E-state index in [4.69, 9.17) is 4.74 Å². The maximum atomic E-state index is 12.5. The molecule has 0 spiro atoms. The summed E-state index contributed by atoms with van der Waals surface area (Å²) in [5, 5.41) is 2.53. The number of ketones is 1. The van der Waals surface area contributed by atoms with Crippen molar-refractivity contribution < 1.29 is 9.53 Å². The standard InChI is InChI=1S/C20H22O2/c1-2-18(21)20-17(12-16-9-10-19(20)22-16)15-8-7-13-5-3-4-6-14(13)11-15/h3-8,11,16-17,19-20H,2,9-10,12H2,1H3/t16?,17-,19+,20-/m1/s1. The van der Waals surface area contributed by atoms with Crippen molar-refractivity contribution in [2.24, 2.45) is 5.92 Å². The zero-order chi connectivity index (χ0) is 15.1. The van der Waals surface area contributed by atoms with Gasteiger partial charge < -0.3 is 4.74 Å². The lowest BCUT2D eigenvalue weighted by Gasteiger charge is -2.36. The fraction of sp³-hybridized carbons (Fsp3) is 0.450. The van der Waals surface area contributed by atoms with Crippen LogP contribution in [0.4, 0.5) is 0 Å². The highest BCUT2D eigenvalue weighted by molar-refractivity contribution is 5.85. The van der Waals surface area contributed by atoms with E-state index in [-0.39, 0.29) is 12.0 Å². The highest BCUT2D eigenvalue weighted by Crippen LogP contribution is 2.46. The first kappa shape index (κ1) is 14.0. The van der Waals surface area contributed by atoms with Gasteiger partial charge in [0.2, 0.25) is 0 Å². The van der Waals surface area contributed by atoms with Crippen molar-refractivity contribution in [2.75, 3.05) is 0 Å². The SMILES string of the molecule is CCC(=O)[C@@H]1[C@@H]2CCC(C[C@@H]1c1ccc3ccccc3c1)O2. The molecule has 1 unspecified atom stereocenters. The zero-order valence-corrected chi connectivity index (χ0v) is 13.0. The van der Waals surface area contributed by atoms with E-state index in [0.717, 1.165) is 19.3 Å². The molecule has 114 valence electrons. The number of Topliss-reactive ketones (excluding diaryl/α,β-unsaturated/α-hetero) is 1. The van der Waals surface area contributed by atoms with Crippen LogP contribution in [0.2, 0.25) is 0 Å². The van der Waals surface area contributed by atoms with Crippen LogP contribution in [-0.4, -0.2) is 18.0 Å². The Morgan fingerprint density at radius 2 is 1.95 bits per heavy atom.